The zero-order valence-corrected chi connectivity index (χ0v) is 13.1. The molecule has 6 heteroatoms. The molecule has 3 atom stereocenters. The van der Waals surface area contributed by atoms with Crippen LogP contribution in [0, 0.1) is 5.92 Å². The van der Waals surface area contributed by atoms with Crippen molar-refractivity contribution in [3.05, 3.63) is 0 Å². The maximum atomic E-state index is 12.5. The molecule has 3 unspecified atom stereocenters. The molecule has 1 fully saturated rings. The summed E-state index contributed by atoms with van der Waals surface area (Å²) in [6, 6.07) is 0.0992. The van der Waals surface area contributed by atoms with Crippen molar-refractivity contribution in [1.82, 2.24) is 4.31 Å². The first-order chi connectivity index (χ1) is 8.30. The molecule has 4 nitrogen and oxygen atoms in total. The first-order valence-electron chi connectivity index (χ1n) is 6.56. The van der Waals surface area contributed by atoms with E-state index in [1.54, 1.807) is 14.0 Å². The number of nitrogens with zero attached hydrogens (tertiary/aromatic N) is 1. The Labute approximate surface area is 116 Å². The smallest absolute Gasteiger partial charge is 0.223 e. The fraction of sp³-hybridized carbons (Fsp3) is 0.917. The van der Waals surface area contributed by atoms with Crippen molar-refractivity contribution in [3.63, 3.8) is 0 Å². The van der Waals surface area contributed by atoms with Crippen molar-refractivity contribution in [1.29, 1.82) is 0 Å². The molecule has 1 saturated carbocycles. The molecule has 106 valence electrons. The highest BCUT2D eigenvalue weighted by Gasteiger charge is 2.35. The van der Waals surface area contributed by atoms with Gasteiger partial charge >= 0.3 is 0 Å². The van der Waals surface area contributed by atoms with Gasteiger partial charge in [0.15, 0.2) is 0 Å². The van der Waals surface area contributed by atoms with Crippen molar-refractivity contribution in [3.8, 4) is 0 Å². The summed E-state index contributed by atoms with van der Waals surface area (Å²) in [6.07, 6.45) is 4.59. The molecule has 0 aromatic rings. The normalized spacial score (nSPS) is 27.1. The fourth-order valence-electron chi connectivity index (χ4n) is 2.70. The third-order valence-corrected chi connectivity index (χ3v) is 6.71. The number of hydrogen-bond acceptors (Lipinski definition) is 3. The van der Waals surface area contributed by atoms with Gasteiger partial charge in [-0.15, -0.1) is 0 Å². The minimum atomic E-state index is -3.41. The van der Waals surface area contributed by atoms with Crippen molar-refractivity contribution in [2.45, 2.75) is 57.2 Å². The predicted molar refractivity (Wildman–Crippen MR) is 79.0 cm³/mol. The predicted octanol–water partition coefficient (Wildman–Crippen LogP) is 1.89. The SMILES string of the molecule is CCC(C(N)=S)S(=O)(=O)N(C)C1CCCC(C)C1. The van der Waals surface area contributed by atoms with Gasteiger partial charge in [0.25, 0.3) is 0 Å². The lowest BCUT2D eigenvalue weighted by Gasteiger charge is -2.35. The second kappa shape index (κ2) is 6.30. The molecule has 0 bridgehead atoms. The van der Waals surface area contributed by atoms with E-state index in [0.29, 0.717) is 12.3 Å². The van der Waals surface area contributed by atoms with Gasteiger partial charge in [0.2, 0.25) is 10.0 Å². The van der Waals surface area contributed by atoms with Gasteiger partial charge < -0.3 is 5.73 Å². The summed E-state index contributed by atoms with van der Waals surface area (Å²) in [7, 11) is -1.74. The van der Waals surface area contributed by atoms with Gasteiger partial charge in [-0.1, -0.05) is 38.9 Å². The van der Waals surface area contributed by atoms with Crippen LogP contribution in [0.1, 0.15) is 46.0 Å². The highest BCUT2D eigenvalue weighted by atomic mass is 32.2. The molecule has 0 aromatic carbocycles. The molecule has 18 heavy (non-hydrogen) atoms. The fourth-order valence-corrected chi connectivity index (χ4v) is 4.95. The van der Waals surface area contributed by atoms with Crippen LogP contribution in [-0.2, 0) is 10.0 Å². The quantitative estimate of drug-likeness (QED) is 0.786. The van der Waals surface area contributed by atoms with Crippen molar-refractivity contribution in [2.24, 2.45) is 11.7 Å². The van der Waals surface area contributed by atoms with Crippen molar-refractivity contribution in [2.75, 3.05) is 7.05 Å². The van der Waals surface area contributed by atoms with Crippen molar-refractivity contribution >= 4 is 27.2 Å². The van der Waals surface area contributed by atoms with Crippen LogP contribution in [0.4, 0.5) is 0 Å². The Hall–Kier alpha value is -0.200. The molecule has 0 spiro atoms. The van der Waals surface area contributed by atoms with Crippen LogP contribution in [-0.4, -0.2) is 36.1 Å². The maximum absolute atomic E-state index is 12.5. The number of thiocarbonyl (C=S) groups is 1. The Bertz CT molecular complexity index is 395. The number of rotatable bonds is 5. The van der Waals surface area contributed by atoms with E-state index in [1.807, 2.05) is 0 Å². The van der Waals surface area contributed by atoms with Crippen LogP contribution in [0.25, 0.3) is 0 Å². The zero-order chi connectivity index (χ0) is 13.9. The molecule has 2 N–H and O–H groups in total. The van der Waals surface area contributed by atoms with E-state index in [2.05, 4.69) is 6.92 Å². The second-order valence-corrected chi connectivity index (χ2v) is 7.93. The highest BCUT2D eigenvalue weighted by Crippen LogP contribution is 2.29. The van der Waals surface area contributed by atoms with Gasteiger partial charge in [-0.05, 0) is 25.2 Å². The van der Waals surface area contributed by atoms with Crippen LogP contribution >= 0.6 is 12.2 Å². The van der Waals surface area contributed by atoms with E-state index < -0.39 is 15.3 Å². The van der Waals surface area contributed by atoms with E-state index in [-0.39, 0.29) is 11.0 Å². The van der Waals surface area contributed by atoms with Gasteiger partial charge in [0.1, 0.15) is 5.25 Å². The van der Waals surface area contributed by atoms with Gasteiger partial charge in [-0.2, -0.15) is 0 Å². The first-order valence-corrected chi connectivity index (χ1v) is 8.48. The Morgan fingerprint density at radius 3 is 2.56 bits per heavy atom. The maximum Gasteiger partial charge on any atom is 0.223 e. The van der Waals surface area contributed by atoms with E-state index in [1.165, 1.54) is 10.7 Å². The molecule has 1 aliphatic rings. The van der Waals surface area contributed by atoms with Crippen LogP contribution < -0.4 is 5.73 Å². The molecular weight excluding hydrogens is 268 g/mol. The minimum absolute atomic E-state index is 0.0770. The Morgan fingerprint density at radius 1 is 1.50 bits per heavy atom. The average molecular weight is 292 g/mol. The standard InChI is InChI=1S/C12H24N2O2S2/c1-4-11(12(13)17)18(15,16)14(3)10-7-5-6-9(2)8-10/h9-11H,4-8H2,1-3H3,(H2,13,17). The third kappa shape index (κ3) is 3.42. The molecular formula is C12H24N2O2S2. The van der Waals surface area contributed by atoms with Crippen LogP contribution in [0.3, 0.4) is 0 Å². The van der Waals surface area contributed by atoms with Gasteiger partial charge in [0.05, 0.1) is 4.99 Å². The molecule has 0 amide bonds. The highest BCUT2D eigenvalue weighted by molar-refractivity contribution is 7.92. The van der Waals surface area contributed by atoms with E-state index in [4.69, 9.17) is 18.0 Å². The lowest BCUT2D eigenvalue weighted by Crippen LogP contribution is -2.47. The Morgan fingerprint density at radius 2 is 2.11 bits per heavy atom. The van der Waals surface area contributed by atoms with Crippen LogP contribution in [0.5, 0.6) is 0 Å². The van der Waals surface area contributed by atoms with Crippen LogP contribution in [0.2, 0.25) is 0 Å². The van der Waals surface area contributed by atoms with Gasteiger partial charge in [0, 0.05) is 13.1 Å². The lowest BCUT2D eigenvalue weighted by atomic mass is 9.87. The van der Waals surface area contributed by atoms with E-state index in [9.17, 15) is 8.42 Å². The summed E-state index contributed by atoms with van der Waals surface area (Å²) in [5.74, 6) is 0.589. The summed E-state index contributed by atoms with van der Waals surface area (Å²) in [5, 5.41) is -0.727. The zero-order valence-electron chi connectivity index (χ0n) is 11.4. The monoisotopic (exact) mass is 292 g/mol. The molecule has 1 rings (SSSR count). The summed E-state index contributed by atoms with van der Waals surface area (Å²) < 4.78 is 26.4. The van der Waals surface area contributed by atoms with E-state index in [0.717, 1.165) is 19.3 Å². The van der Waals surface area contributed by atoms with Crippen molar-refractivity contribution < 1.29 is 8.42 Å². The number of nitrogens with two attached hydrogens (primary N) is 1. The van der Waals surface area contributed by atoms with Gasteiger partial charge in [-0.3, -0.25) is 0 Å². The second-order valence-electron chi connectivity index (χ2n) is 5.29. The first kappa shape index (κ1) is 15.9. The minimum Gasteiger partial charge on any atom is -0.392 e. The molecule has 1 aliphatic carbocycles. The van der Waals surface area contributed by atoms with E-state index >= 15 is 0 Å². The topological polar surface area (TPSA) is 63.4 Å². The van der Waals surface area contributed by atoms with Gasteiger partial charge in [-0.25, -0.2) is 12.7 Å². The lowest BCUT2D eigenvalue weighted by molar-refractivity contribution is 0.238. The molecule has 0 aliphatic heterocycles. The molecule has 0 radical (unpaired) electrons. The Kier molecular flexibility index (Phi) is 5.55. The summed E-state index contributed by atoms with van der Waals surface area (Å²) >= 11 is 4.88. The largest absolute Gasteiger partial charge is 0.392 e. The van der Waals surface area contributed by atoms with Crippen LogP contribution in [0.15, 0.2) is 0 Å². The number of hydrogen-bond donors (Lipinski definition) is 1. The molecule has 0 saturated heterocycles. The summed E-state index contributed by atoms with van der Waals surface area (Å²) in [4.78, 5) is 0.0770. The number of sulfonamides is 1. The average Bonchev–Trinajstić information content (AvgIpc) is 2.27. The Balaban J connectivity index is 2.86. The molecule has 0 aromatic heterocycles. The summed E-state index contributed by atoms with van der Waals surface area (Å²) in [5.41, 5.74) is 5.55. The molecule has 0 heterocycles. The summed E-state index contributed by atoms with van der Waals surface area (Å²) in [6.45, 7) is 3.98. The third-order valence-electron chi connectivity index (χ3n) is 3.87.